The molecule has 26 heavy (non-hydrogen) atoms. The van der Waals surface area contributed by atoms with Crippen molar-refractivity contribution in [2.45, 2.75) is 43.5 Å². The summed E-state index contributed by atoms with van der Waals surface area (Å²) in [4.78, 5) is 14.7. The van der Waals surface area contributed by atoms with Crippen LogP contribution in [0.25, 0.3) is 0 Å². The second-order valence-corrected chi connectivity index (χ2v) is 9.15. The van der Waals surface area contributed by atoms with Crippen LogP contribution in [0.15, 0.2) is 29.2 Å². The highest BCUT2D eigenvalue weighted by Crippen LogP contribution is 2.22. The van der Waals surface area contributed by atoms with Crippen LogP contribution < -0.4 is 11.1 Å². The van der Waals surface area contributed by atoms with E-state index in [9.17, 15) is 13.2 Å². The molecular formula is C18H30N4O3S. The molecule has 1 saturated heterocycles. The summed E-state index contributed by atoms with van der Waals surface area (Å²) in [6.45, 7) is 6.20. The normalized spacial score (nSPS) is 19.5. The van der Waals surface area contributed by atoms with Crippen molar-refractivity contribution in [1.82, 2.24) is 9.21 Å². The van der Waals surface area contributed by atoms with E-state index in [0.29, 0.717) is 31.7 Å². The molecule has 0 aromatic heterocycles. The van der Waals surface area contributed by atoms with E-state index < -0.39 is 15.6 Å². The summed E-state index contributed by atoms with van der Waals surface area (Å²) >= 11 is 0. The number of likely N-dealkylation sites (N-methyl/N-ethyl adjacent to an activating group) is 1. The molecule has 1 atom stereocenters. The lowest BCUT2D eigenvalue weighted by atomic mass is 9.96. The Morgan fingerprint density at radius 1 is 1.27 bits per heavy atom. The van der Waals surface area contributed by atoms with Gasteiger partial charge in [-0.2, -0.15) is 4.31 Å². The predicted octanol–water partition coefficient (Wildman–Crippen LogP) is 1.47. The average molecular weight is 383 g/mol. The number of sulfonamides is 1. The molecule has 2 rings (SSSR count). The topological polar surface area (TPSA) is 95.7 Å². The lowest BCUT2D eigenvalue weighted by Crippen LogP contribution is -2.48. The third-order valence-electron chi connectivity index (χ3n) is 4.70. The SMILES string of the molecule is CCCC(C)(N)C(=O)Nc1cccc(S(=O)(=O)N2CCCN(C)CC2)c1. The lowest BCUT2D eigenvalue weighted by molar-refractivity contribution is -0.120. The van der Waals surface area contributed by atoms with Crippen LogP contribution in [0.2, 0.25) is 0 Å². The Morgan fingerprint density at radius 2 is 2.00 bits per heavy atom. The number of amides is 1. The van der Waals surface area contributed by atoms with Crippen molar-refractivity contribution in [1.29, 1.82) is 0 Å². The van der Waals surface area contributed by atoms with Crippen LogP contribution in [-0.2, 0) is 14.8 Å². The lowest BCUT2D eigenvalue weighted by Gasteiger charge is -2.23. The summed E-state index contributed by atoms with van der Waals surface area (Å²) in [6.07, 6.45) is 2.14. The first kappa shape index (κ1) is 20.8. The maximum atomic E-state index is 13.0. The number of nitrogens with zero attached hydrogens (tertiary/aromatic N) is 2. The van der Waals surface area contributed by atoms with Gasteiger partial charge in [0.25, 0.3) is 0 Å². The van der Waals surface area contributed by atoms with E-state index in [2.05, 4.69) is 10.2 Å². The summed E-state index contributed by atoms with van der Waals surface area (Å²) < 4.78 is 27.4. The maximum Gasteiger partial charge on any atom is 0.244 e. The molecule has 1 fully saturated rings. The third kappa shape index (κ3) is 5.03. The van der Waals surface area contributed by atoms with Crippen molar-refractivity contribution in [2.75, 3.05) is 38.5 Å². The highest BCUT2D eigenvalue weighted by Gasteiger charge is 2.29. The molecule has 0 aliphatic carbocycles. The van der Waals surface area contributed by atoms with Gasteiger partial charge in [-0.15, -0.1) is 0 Å². The van der Waals surface area contributed by atoms with Crippen molar-refractivity contribution in [3.05, 3.63) is 24.3 Å². The molecule has 1 aliphatic rings. The third-order valence-corrected chi connectivity index (χ3v) is 6.59. The Bertz CT molecular complexity index is 734. The minimum absolute atomic E-state index is 0.189. The molecule has 0 radical (unpaired) electrons. The van der Waals surface area contributed by atoms with Gasteiger partial charge in [0, 0.05) is 25.3 Å². The van der Waals surface area contributed by atoms with E-state index in [0.717, 1.165) is 19.4 Å². The van der Waals surface area contributed by atoms with Gasteiger partial charge < -0.3 is 16.0 Å². The van der Waals surface area contributed by atoms with Crippen molar-refractivity contribution in [2.24, 2.45) is 5.73 Å². The molecule has 146 valence electrons. The van der Waals surface area contributed by atoms with Gasteiger partial charge in [0.1, 0.15) is 0 Å². The molecule has 3 N–H and O–H groups in total. The Labute approximate surface area is 156 Å². The number of benzene rings is 1. The highest BCUT2D eigenvalue weighted by atomic mass is 32.2. The maximum absolute atomic E-state index is 13.0. The fourth-order valence-corrected chi connectivity index (χ4v) is 4.57. The summed E-state index contributed by atoms with van der Waals surface area (Å²) in [6, 6.07) is 6.38. The Balaban J connectivity index is 2.18. The summed E-state index contributed by atoms with van der Waals surface area (Å²) in [5, 5.41) is 2.75. The number of nitrogens with two attached hydrogens (primary N) is 1. The first-order chi connectivity index (χ1) is 12.2. The number of carbonyl (C=O) groups is 1. The molecule has 1 amide bonds. The molecule has 0 spiro atoms. The molecule has 1 unspecified atom stereocenters. The highest BCUT2D eigenvalue weighted by molar-refractivity contribution is 7.89. The Hall–Kier alpha value is -1.48. The zero-order chi connectivity index (χ0) is 19.4. The molecule has 1 aliphatic heterocycles. The second kappa shape index (κ2) is 8.47. The quantitative estimate of drug-likeness (QED) is 0.777. The van der Waals surface area contributed by atoms with E-state index in [-0.39, 0.29) is 10.8 Å². The molecule has 1 aromatic carbocycles. The molecule has 8 heteroatoms. The van der Waals surface area contributed by atoms with E-state index in [1.165, 1.54) is 10.4 Å². The van der Waals surface area contributed by atoms with Gasteiger partial charge in [-0.05, 0) is 51.6 Å². The van der Waals surface area contributed by atoms with Crippen molar-refractivity contribution in [3.8, 4) is 0 Å². The van der Waals surface area contributed by atoms with Crippen LogP contribution in [0.5, 0.6) is 0 Å². The van der Waals surface area contributed by atoms with E-state index >= 15 is 0 Å². The number of hydrogen-bond donors (Lipinski definition) is 2. The molecule has 7 nitrogen and oxygen atoms in total. The standard InChI is InChI=1S/C18H30N4O3S/c1-4-9-18(2,19)17(23)20-15-7-5-8-16(14-15)26(24,25)22-11-6-10-21(3)12-13-22/h5,7-8,14H,4,6,9-13,19H2,1-3H3,(H,20,23). The van der Waals surface area contributed by atoms with E-state index in [1.54, 1.807) is 25.1 Å². The van der Waals surface area contributed by atoms with Crippen molar-refractivity contribution >= 4 is 21.6 Å². The molecule has 1 aromatic rings. The molecule has 0 bridgehead atoms. The predicted molar refractivity (Wildman–Crippen MR) is 103 cm³/mol. The number of nitrogens with one attached hydrogen (secondary N) is 1. The monoisotopic (exact) mass is 382 g/mol. The smallest absolute Gasteiger partial charge is 0.244 e. The fourth-order valence-electron chi connectivity index (χ4n) is 3.05. The first-order valence-corrected chi connectivity index (χ1v) is 10.5. The minimum Gasteiger partial charge on any atom is -0.324 e. The second-order valence-electron chi connectivity index (χ2n) is 7.21. The first-order valence-electron chi connectivity index (χ1n) is 9.06. The number of hydrogen-bond acceptors (Lipinski definition) is 5. The van der Waals surface area contributed by atoms with Crippen LogP contribution in [0, 0.1) is 0 Å². The summed E-state index contributed by atoms with van der Waals surface area (Å²) in [5.74, 6) is -0.315. The summed E-state index contributed by atoms with van der Waals surface area (Å²) in [7, 11) is -1.60. The van der Waals surface area contributed by atoms with Crippen LogP contribution in [0.1, 0.15) is 33.1 Å². The van der Waals surface area contributed by atoms with Gasteiger partial charge in [-0.25, -0.2) is 8.42 Å². The number of rotatable bonds is 6. The molecule has 1 heterocycles. The minimum atomic E-state index is -3.59. The van der Waals surface area contributed by atoms with Gasteiger partial charge >= 0.3 is 0 Å². The van der Waals surface area contributed by atoms with E-state index in [4.69, 9.17) is 5.73 Å². The number of carbonyl (C=O) groups excluding carboxylic acids is 1. The summed E-state index contributed by atoms with van der Waals surface area (Å²) in [5.41, 5.74) is 5.50. The van der Waals surface area contributed by atoms with Crippen LogP contribution in [0.4, 0.5) is 5.69 Å². The van der Waals surface area contributed by atoms with Crippen LogP contribution >= 0.6 is 0 Å². The average Bonchev–Trinajstić information content (AvgIpc) is 2.80. The van der Waals surface area contributed by atoms with Gasteiger partial charge in [0.2, 0.25) is 15.9 Å². The molecular weight excluding hydrogens is 352 g/mol. The largest absolute Gasteiger partial charge is 0.324 e. The zero-order valence-electron chi connectivity index (χ0n) is 15.9. The molecule has 0 saturated carbocycles. The van der Waals surface area contributed by atoms with Crippen LogP contribution in [-0.4, -0.2) is 62.3 Å². The Kier molecular flexibility index (Phi) is 6.79. The van der Waals surface area contributed by atoms with Crippen molar-refractivity contribution < 1.29 is 13.2 Å². The Morgan fingerprint density at radius 3 is 2.69 bits per heavy atom. The van der Waals surface area contributed by atoms with Gasteiger partial charge in [-0.3, -0.25) is 4.79 Å². The van der Waals surface area contributed by atoms with Crippen LogP contribution in [0.3, 0.4) is 0 Å². The number of anilines is 1. The van der Waals surface area contributed by atoms with Gasteiger partial charge in [0.15, 0.2) is 0 Å². The van der Waals surface area contributed by atoms with Gasteiger partial charge in [-0.1, -0.05) is 19.4 Å². The van der Waals surface area contributed by atoms with Crippen molar-refractivity contribution in [3.63, 3.8) is 0 Å². The fraction of sp³-hybridized carbons (Fsp3) is 0.611. The zero-order valence-corrected chi connectivity index (χ0v) is 16.7. The van der Waals surface area contributed by atoms with Gasteiger partial charge in [0.05, 0.1) is 10.4 Å². The van der Waals surface area contributed by atoms with E-state index in [1.807, 2.05) is 14.0 Å².